The molecule has 8 heteroatoms. The molecule has 0 bridgehead atoms. The summed E-state index contributed by atoms with van der Waals surface area (Å²) in [6.45, 7) is 1.13. The maximum Gasteiger partial charge on any atom is 0.328 e. The third kappa shape index (κ3) is 3.57. The number of amides is 1. The standard InChI is InChI=1S/C19H19NO6S/c1-23-19(22)14-3-2-6-20(14)18(21)17-7-12(10-27-17)9-24-13-4-5-15-16(8-13)26-11-25-15/h4-5,7-8,10,14H,2-3,6,9,11H2,1H3. The zero-order chi connectivity index (χ0) is 18.8. The maximum atomic E-state index is 12.8. The van der Waals surface area contributed by atoms with Gasteiger partial charge in [-0.05, 0) is 36.4 Å². The van der Waals surface area contributed by atoms with Gasteiger partial charge in [-0.3, -0.25) is 4.79 Å². The van der Waals surface area contributed by atoms with E-state index in [1.54, 1.807) is 17.0 Å². The molecule has 142 valence electrons. The molecule has 1 unspecified atom stereocenters. The minimum atomic E-state index is -0.488. The molecule has 27 heavy (non-hydrogen) atoms. The van der Waals surface area contributed by atoms with Crippen molar-refractivity contribution < 1.29 is 28.5 Å². The Morgan fingerprint density at radius 1 is 1.26 bits per heavy atom. The summed E-state index contributed by atoms with van der Waals surface area (Å²) < 4.78 is 21.2. The van der Waals surface area contributed by atoms with Crippen LogP contribution in [0.15, 0.2) is 29.6 Å². The average Bonchev–Trinajstić information content (AvgIpc) is 3.44. The highest BCUT2D eigenvalue weighted by Crippen LogP contribution is 2.35. The molecule has 2 aliphatic heterocycles. The molecule has 3 heterocycles. The Hall–Kier alpha value is -2.74. The number of rotatable bonds is 5. The van der Waals surface area contributed by atoms with Gasteiger partial charge in [0.2, 0.25) is 6.79 Å². The van der Waals surface area contributed by atoms with Crippen molar-refractivity contribution in [3.8, 4) is 17.2 Å². The highest BCUT2D eigenvalue weighted by atomic mass is 32.1. The van der Waals surface area contributed by atoms with Gasteiger partial charge >= 0.3 is 5.97 Å². The van der Waals surface area contributed by atoms with Gasteiger partial charge in [0.05, 0.1) is 12.0 Å². The molecule has 0 saturated carbocycles. The largest absolute Gasteiger partial charge is 0.489 e. The molecule has 0 radical (unpaired) electrons. The molecule has 0 aliphatic carbocycles. The second-order valence-electron chi connectivity index (χ2n) is 6.30. The van der Waals surface area contributed by atoms with Gasteiger partial charge in [0.15, 0.2) is 11.5 Å². The van der Waals surface area contributed by atoms with Crippen molar-refractivity contribution in [2.24, 2.45) is 0 Å². The summed E-state index contributed by atoms with van der Waals surface area (Å²) in [5.41, 5.74) is 0.898. The van der Waals surface area contributed by atoms with Gasteiger partial charge in [0.25, 0.3) is 5.91 Å². The lowest BCUT2D eigenvalue weighted by atomic mass is 10.2. The molecular weight excluding hydrogens is 370 g/mol. The van der Waals surface area contributed by atoms with Crippen LogP contribution in [0, 0.1) is 0 Å². The predicted molar refractivity (Wildman–Crippen MR) is 97.3 cm³/mol. The Bertz CT molecular complexity index is 864. The number of likely N-dealkylation sites (tertiary alicyclic amines) is 1. The van der Waals surface area contributed by atoms with E-state index in [2.05, 4.69) is 0 Å². The van der Waals surface area contributed by atoms with Crippen LogP contribution in [-0.4, -0.2) is 43.3 Å². The van der Waals surface area contributed by atoms with Gasteiger partial charge in [0.1, 0.15) is 18.4 Å². The van der Waals surface area contributed by atoms with Crippen molar-refractivity contribution in [1.82, 2.24) is 4.90 Å². The molecule has 1 amide bonds. The first-order valence-electron chi connectivity index (χ1n) is 8.64. The third-order valence-corrected chi connectivity index (χ3v) is 5.57. The van der Waals surface area contributed by atoms with E-state index in [4.69, 9.17) is 18.9 Å². The minimum absolute atomic E-state index is 0.137. The van der Waals surface area contributed by atoms with Gasteiger partial charge in [-0.25, -0.2) is 4.79 Å². The lowest BCUT2D eigenvalue weighted by Gasteiger charge is -2.21. The van der Waals surface area contributed by atoms with Gasteiger partial charge in [-0.2, -0.15) is 0 Å². The number of thiophene rings is 1. The number of benzene rings is 1. The fourth-order valence-electron chi connectivity index (χ4n) is 3.23. The molecule has 1 aromatic heterocycles. The van der Waals surface area contributed by atoms with Crippen molar-refractivity contribution in [2.75, 3.05) is 20.4 Å². The zero-order valence-corrected chi connectivity index (χ0v) is 15.6. The molecule has 2 aliphatic rings. The van der Waals surface area contributed by atoms with Gasteiger partial charge < -0.3 is 23.8 Å². The summed E-state index contributed by atoms with van der Waals surface area (Å²) >= 11 is 1.35. The molecule has 1 fully saturated rings. The average molecular weight is 389 g/mol. The Kier molecular flexibility index (Phi) is 4.89. The lowest BCUT2D eigenvalue weighted by molar-refractivity contribution is -0.145. The SMILES string of the molecule is COC(=O)C1CCCN1C(=O)c1cc(COc2ccc3c(c2)OCO3)cs1. The smallest absolute Gasteiger partial charge is 0.328 e. The molecule has 7 nitrogen and oxygen atoms in total. The van der Waals surface area contributed by atoms with Gasteiger partial charge in [0, 0.05) is 18.2 Å². The van der Waals surface area contributed by atoms with Crippen LogP contribution < -0.4 is 14.2 Å². The van der Waals surface area contributed by atoms with Crippen LogP contribution >= 0.6 is 11.3 Å². The van der Waals surface area contributed by atoms with Crippen LogP contribution in [0.3, 0.4) is 0 Å². The Labute approximate surface area is 160 Å². The fourth-order valence-corrected chi connectivity index (χ4v) is 4.08. The number of hydrogen-bond donors (Lipinski definition) is 0. The molecular formula is C19H19NO6S. The Morgan fingerprint density at radius 2 is 2.11 bits per heavy atom. The fraction of sp³-hybridized carbons (Fsp3) is 0.368. The Balaban J connectivity index is 1.39. The number of hydrogen-bond acceptors (Lipinski definition) is 7. The summed E-state index contributed by atoms with van der Waals surface area (Å²) in [6, 6.07) is 6.73. The number of nitrogens with zero attached hydrogens (tertiary/aromatic N) is 1. The zero-order valence-electron chi connectivity index (χ0n) is 14.8. The number of fused-ring (bicyclic) bond motifs is 1. The molecule has 1 saturated heterocycles. The first-order valence-corrected chi connectivity index (χ1v) is 9.52. The van der Waals surface area contributed by atoms with E-state index < -0.39 is 6.04 Å². The molecule has 1 atom stereocenters. The van der Waals surface area contributed by atoms with Crippen LogP contribution in [0.5, 0.6) is 17.2 Å². The summed E-state index contributed by atoms with van der Waals surface area (Å²) in [4.78, 5) is 26.8. The highest BCUT2D eigenvalue weighted by molar-refractivity contribution is 7.12. The van der Waals surface area contributed by atoms with Gasteiger partial charge in [-0.15, -0.1) is 11.3 Å². The third-order valence-electron chi connectivity index (χ3n) is 4.60. The summed E-state index contributed by atoms with van der Waals surface area (Å²) in [7, 11) is 1.35. The first-order chi connectivity index (χ1) is 13.2. The van der Waals surface area contributed by atoms with Crippen LogP contribution in [0.25, 0.3) is 0 Å². The number of methoxy groups -OCH3 is 1. The first kappa shape index (κ1) is 17.7. The van der Waals surface area contributed by atoms with Crippen molar-refractivity contribution in [3.05, 3.63) is 40.1 Å². The number of ether oxygens (including phenoxy) is 4. The van der Waals surface area contributed by atoms with Gasteiger partial charge in [-0.1, -0.05) is 0 Å². The quantitative estimate of drug-likeness (QED) is 0.732. The maximum absolute atomic E-state index is 12.8. The van der Waals surface area contributed by atoms with E-state index in [-0.39, 0.29) is 18.7 Å². The topological polar surface area (TPSA) is 74.3 Å². The monoisotopic (exact) mass is 389 g/mol. The van der Waals surface area contributed by atoms with E-state index in [0.29, 0.717) is 41.7 Å². The molecule has 2 aromatic rings. The number of carbonyl (C=O) groups excluding carboxylic acids is 2. The van der Waals surface area contributed by atoms with Crippen molar-refractivity contribution >= 4 is 23.2 Å². The summed E-state index contributed by atoms with van der Waals surface area (Å²) in [5, 5.41) is 1.89. The van der Waals surface area contributed by atoms with Crippen LogP contribution in [0.4, 0.5) is 0 Å². The number of carbonyl (C=O) groups is 2. The van der Waals surface area contributed by atoms with E-state index >= 15 is 0 Å². The number of esters is 1. The van der Waals surface area contributed by atoms with Crippen LogP contribution in [0.2, 0.25) is 0 Å². The Morgan fingerprint density at radius 3 is 2.96 bits per heavy atom. The van der Waals surface area contributed by atoms with Crippen molar-refractivity contribution in [2.45, 2.75) is 25.5 Å². The highest BCUT2D eigenvalue weighted by Gasteiger charge is 2.35. The molecule has 4 rings (SSSR count). The normalized spacial score (nSPS) is 17.8. The predicted octanol–water partition coefficient (Wildman–Crippen LogP) is 2.83. The van der Waals surface area contributed by atoms with E-state index in [1.807, 2.05) is 17.5 Å². The van der Waals surface area contributed by atoms with E-state index in [9.17, 15) is 9.59 Å². The summed E-state index contributed by atoms with van der Waals surface area (Å²) in [6.07, 6.45) is 1.45. The minimum Gasteiger partial charge on any atom is -0.489 e. The second-order valence-corrected chi connectivity index (χ2v) is 7.21. The van der Waals surface area contributed by atoms with Crippen LogP contribution in [-0.2, 0) is 16.1 Å². The summed E-state index contributed by atoms with van der Waals surface area (Å²) in [5.74, 6) is 1.54. The van der Waals surface area contributed by atoms with Crippen molar-refractivity contribution in [3.63, 3.8) is 0 Å². The van der Waals surface area contributed by atoms with E-state index in [0.717, 1.165) is 12.0 Å². The second kappa shape index (κ2) is 7.48. The lowest BCUT2D eigenvalue weighted by Crippen LogP contribution is -2.40. The van der Waals surface area contributed by atoms with Crippen LogP contribution in [0.1, 0.15) is 28.1 Å². The molecule has 0 spiro atoms. The molecule has 1 aromatic carbocycles. The van der Waals surface area contributed by atoms with Crippen molar-refractivity contribution in [1.29, 1.82) is 0 Å². The molecule has 0 N–H and O–H groups in total. The van der Waals surface area contributed by atoms with E-state index in [1.165, 1.54) is 18.4 Å².